The van der Waals surface area contributed by atoms with Crippen molar-refractivity contribution in [1.29, 1.82) is 0 Å². The largest absolute Gasteiger partial charge is 0.329 e. The van der Waals surface area contributed by atoms with Crippen molar-refractivity contribution in [3.05, 3.63) is 39.9 Å². The van der Waals surface area contributed by atoms with E-state index in [4.69, 9.17) is 5.73 Å². The Hall–Kier alpha value is -1.95. The van der Waals surface area contributed by atoms with Crippen LogP contribution in [0, 0.1) is 10.1 Å². The molecule has 0 saturated carbocycles. The Morgan fingerprint density at radius 2 is 2.05 bits per heavy atom. The lowest BCUT2D eigenvalue weighted by Gasteiger charge is -2.47. The highest BCUT2D eigenvalue weighted by molar-refractivity contribution is 5.78. The lowest BCUT2D eigenvalue weighted by Crippen LogP contribution is -2.56. The van der Waals surface area contributed by atoms with Crippen LogP contribution in [0.4, 0.5) is 5.69 Å². The van der Waals surface area contributed by atoms with Crippen molar-refractivity contribution < 1.29 is 9.72 Å². The zero-order chi connectivity index (χ0) is 15.8. The van der Waals surface area contributed by atoms with Gasteiger partial charge in [0.2, 0.25) is 5.91 Å². The fourth-order valence-corrected chi connectivity index (χ4v) is 2.93. The van der Waals surface area contributed by atoms with Crippen LogP contribution in [0.15, 0.2) is 24.3 Å². The molecule has 1 fully saturated rings. The minimum absolute atomic E-state index is 0.0200. The molecule has 0 aliphatic carbocycles. The van der Waals surface area contributed by atoms with Crippen molar-refractivity contribution in [3.63, 3.8) is 0 Å². The number of non-ortho nitro benzene ring substituents is 1. The lowest BCUT2D eigenvalue weighted by molar-refractivity contribution is -0.385. The molecule has 1 aromatic rings. The Labute approximate surface area is 124 Å². The molecule has 2 atom stereocenters. The summed E-state index contributed by atoms with van der Waals surface area (Å²) in [5, 5.41) is 11.0. The number of hydrogen-bond acceptors (Lipinski definition) is 4. The van der Waals surface area contributed by atoms with Crippen molar-refractivity contribution >= 4 is 11.6 Å². The zero-order valence-electron chi connectivity index (χ0n) is 12.6. The molecule has 0 radical (unpaired) electrons. The molecule has 2 N–H and O–H groups in total. The number of nitro benzene ring substituents is 1. The van der Waals surface area contributed by atoms with Crippen LogP contribution in [0.2, 0.25) is 0 Å². The first-order valence-electron chi connectivity index (χ1n) is 7.04. The molecule has 0 bridgehead atoms. The summed E-state index contributed by atoms with van der Waals surface area (Å²) in [5.74, 6) is 0.0423. The number of likely N-dealkylation sites (tertiary alicyclic amines) is 1. The summed E-state index contributed by atoms with van der Waals surface area (Å²) in [6.07, 6.45) is 1.02. The van der Waals surface area contributed by atoms with E-state index in [1.54, 1.807) is 17.0 Å². The monoisotopic (exact) mass is 291 g/mol. The SMILES string of the molecule is CC(C)(C)N1C(=O)CCC(N)C1c1cccc([N+](=O)[O-])c1. The van der Waals surface area contributed by atoms with Gasteiger partial charge in [-0.2, -0.15) is 0 Å². The summed E-state index contributed by atoms with van der Waals surface area (Å²) in [6.45, 7) is 5.86. The van der Waals surface area contributed by atoms with Gasteiger partial charge in [-0.25, -0.2) is 0 Å². The number of nitro groups is 1. The molecular formula is C15H21N3O3. The highest BCUT2D eigenvalue weighted by Crippen LogP contribution is 2.37. The maximum atomic E-state index is 12.3. The fraction of sp³-hybridized carbons (Fsp3) is 0.533. The van der Waals surface area contributed by atoms with Crippen LogP contribution in [0.25, 0.3) is 0 Å². The molecule has 1 aliphatic rings. The summed E-state index contributed by atoms with van der Waals surface area (Å²) in [4.78, 5) is 24.6. The standard InChI is InChI=1S/C15H21N3O3/c1-15(2,3)17-13(19)8-7-12(16)14(17)10-5-4-6-11(9-10)18(20)21/h4-6,9,12,14H,7-8,16H2,1-3H3. The third kappa shape index (κ3) is 3.05. The minimum atomic E-state index is -0.429. The van der Waals surface area contributed by atoms with E-state index in [9.17, 15) is 14.9 Å². The van der Waals surface area contributed by atoms with Crippen LogP contribution >= 0.6 is 0 Å². The highest BCUT2D eigenvalue weighted by atomic mass is 16.6. The van der Waals surface area contributed by atoms with Crippen molar-refractivity contribution in [2.75, 3.05) is 0 Å². The molecule has 0 aromatic heterocycles. The Balaban J connectivity index is 2.48. The molecular weight excluding hydrogens is 270 g/mol. The molecule has 1 heterocycles. The first kappa shape index (κ1) is 15.4. The van der Waals surface area contributed by atoms with E-state index in [0.29, 0.717) is 12.8 Å². The van der Waals surface area contributed by atoms with E-state index in [0.717, 1.165) is 5.56 Å². The van der Waals surface area contributed by atoms with E-state index in [2.05, 4.69) is 0 Å². The maximum absolute atomic E-state index is 12.3. The van der Waals surface area contributed by atoms with Gasteiger partial charge in [0.15, 0.2) is 0 Å². The number of piperidine rings is 1. The van der Waals surface area contributed by atoms with Gasteiger partial charge in [0, 0.05) is 30.1 Å². The first-order valence-corrected chi connectivity index (χ1v) is 7.04. The molecule has 1 aromatic carbocycles. The third-order valence-corrected chi connectivity index (χ3v) is 3.79. The van der Waals surface area contributed by atoms with Gasteiger partial charge >= 0.3 is 0 Å². The van der Waals surface area contributed by atoms with Gasteiger partial charge in [-0.1, -0.05) is 12.1 Å². The van der Waals surface area contributed by atoms with Crippen LogP contribution in [0.5, 0.6) is 0 Å². The summed E-state index contributed by atoms with van der Waals surface area (Å²) in [7, 11) is 0. The molecule has 0 spiro atoms. The van der Waals surface area contributed by atoms with Gasteiger partial charge in [0.05, 0.1) is 11.0 Å². The van der Waals surface area contributed by atoms with Gasteiger partial charge in [-0.15, -0.1) is 0 Å². The van der Waals surface area contributed by atoms with Crippen molar-refractivity contribution in [3.8, 4) is 0 Å². The number of amides is 1. The van der Waals surface area contributed by atoms with Crippen LogP contribution in [-0.4, -0.2) is 27.3 Å². The molecule has 1 amide bonds. The van der Waals surface area contributed by atoms with E-state index in [1.165, 1.54) is 12.1 Å². The van der Waals surface area contributed by atoms with Crippen LogP contribution < -0.4 is 5.73 Å². The number of benzene rings is 1. The van der Waals surface area contributed by atoms with E-state index < -0.39 is 4.92 Å². The fourth-order valence-electron chi connectivity index (χ4n) is 2.93. The molecule has 1 aliphatic heterocycles. The van der Waals surface area contributed by atoms with Crippen molar-refractivity contribution in [2.24, 2.45) is 5.73 Å². The smallest absolute Gasteiger partial charge is 0.269 e. The van der Waals surface area contributed by atoms with E-state index >= 15 is 0 Å². The normalized spacial score (nSPS) is 23.2. The van der Waals surface area contributed by atoms with Crippen molar-refractivity contribution in [2.45, 2.75) is 51.2 Å². The predicted octanol–water partition coefficient (Wildman–Crippen LogP) is 2.38. The molecule has 2 rings (SSSR count). The highest BCUT2D eigenvalue weighted by Gasteiger charge is 2.40. The Morgan fingerprint density at radius 3 is 2.62 bits per heavy atom. The average molecular weight is 291 g/mol. The quantitative estimate of drug-likeness (QED) is 0.669. The summed E-state index contributed by atoms with van der Waals surface area (Å²) < 4.78 is 0. The molecule has 6 heteroatoms. The maximum Gasteiger partial charge on any atom is 0.269 e. The number of rotatable bonds is 2. The Bertz CT molecular complexity index is 566. The number of nitrogens with two attached hydrogens (primary N) is 1. The average Bonchev–Trinajstić information content (AvgIpc) is 2.39. The molecule has 21 heavy (non-hydrogen) atoms. The Kier molecular flexibility index (Phi) is 4.00. The minimum Gasteiger partial charge on any atom is -0.329 e. The number of carbonyl (C=O) groups is 1. The van der Waals surface area contributed by atoms with Gasteiger partial charge in [-0.3, -0.25) is 14.9 Å². The molecule has 6 nitrogen and oxygen atoms in total. The van der Waals surface area contributed by atoms with Crippen LogP contribution in [0.1, 0.15) is 45.2 Å². The van der Waals surface area contributed by atoms with Crippen LogP contribution in [-0.2, 0) is 4.79 Å². The lowest BCUT2D eigenvalue weighted by atomic mass is 9.86. The predicted molar refractivity (Wildman–Crippen MR) is 79.6 cm³/mol. The molecule has 114 valence electrons. The number of nitrogens with zero attached hydrogens (tertiary/aromatic N) is 2. The van der Waals surface area contributed by atoms with Crippen molar-refractivity contribution in [1.82, 2.24) is 4.90 Å². The summed E-state index contributed by atoms with van der Waals surface area (Å²) in [5.41, 5.74) is 6.58. The van der Waals surface area contributed by atoms with E-state index in [-0.39, 0.29) is 29.2 Å². The molecule has 1 saturated heterocycles. The summed E-state index contributed by atoms with van der Waals surface area (Å²) >= 11 is 0. The van der Waals surface area contributed by atoms with Gasteiger partial charge in [0.25, 0.3) is 5.69 Å². The summed E-state index contributed by atoms with van der Waals surface area (Å²) in [6, 6.07) is 5.85. The second kappa shape index (κ2) is 5.44. The number of carbonyl (C=O) groups excluding carboxylic acids is 1. The topological polar surface area (TPSA) is 89.5 Å². The molecule has 2 unspecified atom stereocenters. The second-order valence-electron chi connectivity index (χ2n) is 6.43. The van der Waals surface area contributed by atoms with Crippen LogP contribution in [0.3, 0.4) is 0 Å². The zero-order valence-corrected chi connectivity index (χ0v) is 12.6. The Morgan fingerprint density at radius 1 is 1.38 bits per heavy atom. The van der Waals surface area contributed by atoms with Gasteiger partial charge in [-0.05, 0) is 32.8 Å². The third-order valence-electron chi connectivity index (χ3n) is 3.79. The van der Waals surface area contributed by atoms with Gasteiger partial charge < -0.3 is 10.6 Å². The first-order chi connectivity index (χ1) is 9.71. The van der Waals surface area contributed by atoms with Gasteiger partial charge in [0.1, 0.15) is 0 Å². The second-order valence-corrected chi connectivity index (χ2v) is 6.43. The van der Waals surface area contributed by atoms with E-state index in [1.807, 2.05) is 20.8 Å². The number of hydrogen-bond donors (Lipinski definition) is 1.